The lowest BCUT2D eigenvalue weighted by Gasteiger charge is -2.19. The molecule has 1 unspecified atom stereocenters. The second-order valence-electron chi connectivity index (χ2n) is 4.11. The van der Waals surface area contributed by atoms with Crippen molar-refractivity contribution in [1.29, 1.82) is 0 Å². The van der Waals surface area contributed by atoms with Gasteiger partial charge in [0.2, 0.25) is 0 Å². The van der Waals surface area contributed by atoms with Gasteiger partial charge in [-0.15, -0.1) is 11.3 Å². The molecule has 1 atom stereocenters. The van der Waals surface area contributed by atoms with E-state index in [1.807, 2.05) is 0 Å². The van der Waals surface area contributed by atoms with Crippen LogP contribution in [0.4, 0.5) is 0 Å². The molecule has 0 amide bonds. The third kappa shape index (κ3) is 2.38. The third-order valence-corrected chi connectivity index (χ3v) is 3.92. The molecule has 1 N–H and O–H groups in total. The zero-order valence-electron chi connectivity index (χ0n) is 9.38. The Balaban J connectivity index is 2.05. The predicted molar refractivity (Wildman–Crippen MR) is 62.0 cm³/mol. The second kappa shape index (κ2) is 4.60. The van der Waals surface area contributed by atoms with E-state index in [-0.39, 0.29) is 5.60 Å². The number of rotatable bonds is 4. The second-order valence-corrected chi connectivity index (χ2v) is 4.97. The van der Waals surface area contributed by atoms with Gasteiger partial charge in [-0.2, -0.15) is 0 Å². The van der Waals surface area contributed by atoms with Gasteiger partial charge in [0, 0.05) is 18.5 Å². The number of hydrogen-bond acceptors (Lipinski definition) is 4. The van der Waals surface area contributed by atoms with Gasteiger partial charge in [0.05, 0.1) is 5.69 Å². The molecular weight excluding hydrogens is 208 g/mol. The molecular formula is C11H18N2OS. The SMILES string of the molecule is CCNCc1csc(C2(C)CCCO2)n1. The van der Waals surface area contributed by atoms with E-state index >= 15 is 0 Å². The molecule has 1 aliphatic rings. The lowest BCUT2D eigenvalue weighted by atomic mass is 10.0. The fraction of sp³-hybridized carbons (Fsp3) is 0.727. The predicted octanol–water partition coefficient (Wildman–Crippen LogP) is 2.28. The summed E-state index contributed by atoms with van der Waals surface area (Å²) >= 11 is 1.72. The molecule has 1 saturated heterocycles. The molecule has 1 fully saturated rings. The molecule has 2 rings (SSSR count). The van der Waals surface area contributed by atoms with E-state index in [4.69, 9.17) is 4.74 Å². The summed E-state index contributed by atoms with van der Waals surface area (Å²) in [5.74, 6) is 0. The van der Waals surface area contributed by atoms with Crippen molar-refractivity contribution in [3.05, 3.63) is 16.1 Å². The first-order chi connectivity index (χ1) is 7.24. The van der Waals surface area contributed by atoms with Gasteiger partial charge in [0.15, 0.2) is 0 Å². The summed E-state index contributed by atoms with van der Waals surface area (Å²) in [5.41, 5.74) is 1.02. The van der Waals surface area contributed by atoms with E-state index < -0.39 is 0 Å². The number of ether oxygens (including phenoxy) is 1. The monoisotopic (exact) mass is 226 g/mol. The Morgan fingerprint density at radius 1 is 1.67 bits per heavy atom. The van der Waals surface area contributed by atoms with Crippen LogP contribution in [0, 0.1) is 0 Å². The molecule has 4 heteroatoms. The third-order valence-electron chi connectivity index (χ3n) is 2.78. The lowest BCUT2D eigenvalue weighted by Crippen LogP contribution is -2.20. The molecule has 15 heavy (non-hydrogen) atoms. The molecule has 1 aromatic heterocycles. The van der Waals surface area contributed by atoms with Crippen LogP contribution >= 0.6 is 11.3 Å². The van der Waals surface area contributed by atoms with E-state index in [0.717, 1.165) is 43.2 Å². The molecule has 0 radical (unpaired) electrons. The summed E-state index contributed by atoms with van der Waals surface area (Å²) in [5, 5.41) is 6.55. The number of aromatic nitrogens is 1. The maximum atomic E-state index is 5.77. The Morgan fingerprint density at radius 3 is 3.20 bits per heavy atom. The molecule has 1 aromatic rings. The van der Waals surface area contributed by atoms with E-state index in [9.17, 15) is 0 Å². The lowest BCUT2D eigenvalue weighted by molar-refractivity contribution is 0.0165. The zero-order chi connectivity index (χ0) is 10.7. The number of hydrogen-bond donors (Lipinski definition) is 1. The van der Waals surface area contributed by atoms with Gasteiger partial charge in [-0.25, -0.2) is 4.98 Å². The molecule has 2 heterocycles. The molecule has 0 spiro atoms. The van der Waals surface area contributed by atoms with Crippen LogP contribution in [-0.4, -0.2) is 18.1 Å². The normalized spacial score (nSPS) is 26.0. The van der Waals surface area contributed by atoms with Crippen molar-refractivity contribution in [2.45, 2.75) is 38.8 Å². The molecule has 0 aromatic carbocycles. The zero-order valence-corrected chi connectivity index (χ0v) is 10.2. The standard InChI is InChI=1S/C11H18N2OS/c1-3-12-7-9-8-15-10(13-9)11(2)5-4-6-14-11/h8,12H,3-7H2,1-2H3. The summed E-state index contributed by atoms with van der Waals surface area (Å²) in [6, 6.07) is 0. The number of nitrogens with zero attached hydrogens (tertiary/aromatic N) is 1. The van der Waals surface area contributed by atoms with Gasteiger partial charge in [-0.1, -0.05) is 6.92 Å². The van der Waals surface area contributed by atoms with Gasteiger partial charge >= 0.3 is 0 Å². The maximum Gasteiger partial charge on any atom is 0.125 e. The minimum absolute atomic E-state index is 0.116. The number of nitrogens with one attached hydrogen (secondary N) is 1. The smallest absolute Gasteiger partial charge is 0.125 e. The van der Waals surface area contributed by atoms with Crippen molar-refractivity contribution in [1.82, 2.24) is 10.3 Å². The first-order valence-electron chi connectivity index (χ1n) is 5.54. The van der Waals surface area contributed by atoms with Crippen molar-refractivity contribution >= 4 is 11.3 Å². The average molecular weight is 226 g/mol. The van der Waals surface area contributed by atoms with E-state index in [1.165, 1.54) is 0 Å². The average Bonchev–Trinajstić information content (AvgIpc) is 2.84. The largest absolute Gasteiger partial charge is 0.368 e. The van der Waals surface area contributed by atoms with Crippen LogP contribution in [0.2, 0.25) is 0 Å². The summed E-state index contributed by atoms with van der Waals surface area (Å²) < 4.78 is 5.77. The molecule has 0 aliphatic carbocycles. The van der Waals surface area contributed by atoms with E-state index in [2.05, 4.69) is 29.5 Å². The van der Waals surface area contributed by atoms with Gasteiger partial charge < -0.3 is 10.1 Å². The van der Waals surface area contributed by atoms with Gasteiger partial charge in [0.1, 0.15) is 10.6 Å². The molecule has 1 aliphatic heterocycles. The van der Waals surface area contributed by atoms with Crippen LogP contribution in [0.3, 0.4) is 0 Å². The van der Waals surface area contributed by atoms with Gasteiger partial charge in [-0.05, 0) is 26.3 Å². The molecule has 0 bridgehead atoms. The topological polar surface area (TPSA) is 34.1 Å². The quantitative estimate of drug-likeness (QED) is 0.855. The fourth-order valence-electron chi connectivity index (χ4n) is 1.83. The first-order valence-corrected chi connectivity index (χ1v) is 6.42. The maximum absolute atomic E-state index is 5.77. The van der Waals surface area contributed by atoms with Gasteiger partial charge in [0.25, 0.3) is 0 Å². The highest BCUT2D eigenvalue weighted by molar-refractivity contribution is 7.09. The van der Waals surface area contributed by atoms with Crippen molar-refractivity contribution in [3.8, 4) is 0 Å². The van der Waals surface area contributed by atoms with Gasteiger partial charge in [-0.3, -0.25) is 0 Å². The summed E-state index contributed by atoms with van der Waals surface area (Å²) in [6.07, 6.45) is 2.25. The van der Waals surface area contributed by atoms with Crippen LogP contribution in [-0.2, 0) is 16.9 Å². The van der Waals surface area contributed by atoms with Crippen LogP contribution in [0.25, 0.3) is 0 Å². The summed E-state index contributed by atoms with van der Waals surface area (Å²) in [6.45, 7) is 6.98. The Kier molecular flexibility index (Phi) is 3.38. The van der Waals surface area contributed by atoms with Crippen molar-refractivity contribution in [2.75, 3.05) is 13.2 Å². The van der Waals surface area contributed by atoms with E-state index in [1.54, 1.807) is 11.3 Å². The van der Waals surface area contributed by atoms with Crippen molar-refractivity contribution < 1.29 is 4.74 Å². The number of thiazole rings is 1. The fourth-order valence-corrected chi connectivity index (χ4v) is 2.80. The Bertz CT molecular complexity index is 318. The van der Waals surface area contributed by atoms with Crippen LogP contribution in [0.15, 0.2) is 5.38 Å². The Labute approximate surface area is 94.9 Å². The highest BCUT2D eigenvalue weighted by Gasteiger charge is 2.34. The molecule has 0 saturated carbocycles. The minimum atomic E-state index is -0.116. The molecule has 84 valence electrons. The minimum Gasteiger partial charge on any atom is -0.368 e. The Morgan fingerprint density at radius 2 is 2.53 bits per heavy atom. The van der Waals surface area contributed by atoms with Crippen LogP contribution in [0.5, 0.6) is 0 Å². The van der Waals surface area contributed by atoms with Crippen LogP contribution < -0.4 is 5.32 Å². The first kappa shape index (κ1) is 11.0. The highest BCUT2D eigenvalue weighted by atomic mass is 32.1. The van der Waals surface area contributed by atoms with Crippen LogP contribution in [0.1, 0.15) is 37.4 Å². The van der Waals surface area contributed by atoms with E-state index in [0.29, 0.717) is 0 Å². The Hall–Kier alpha value is -0.450. The highest BCUT2D eigenvalue weighted by Crippen LogP contribution is 2.37. The van der Waals surface area contributed by atoms with Crippen molar-refractivity contribution in [3.63, 3.8) is 0 Å². The molecule has 3 nitrogen and oxygen atoms in total. The van der Waals surface area contributed by atoms with Crippen molar-refractivity contribution in [2.24, 2.45) is 0 Å². The summed E-state index contributed by atoms with van der Waals surface area (Å²) in [4.78, 5) is 4.63. The summed E-state index contributed by atoms with van der Waals surface area (Å²) in [7, 11) is 0.